The highest BCUT2D eigenvalue weighted by Gasteiger charge is 2.24. The second-order valence-electron chi connectivity index (χ2n) is 5.55. The van der Waals surface area contributed by atoms with Gasteiger partial charge in [0.2, 0.25) is 0 Å². The van der Waals surface area contributed by atoms with Crippen LogP contribution in [0.25, 0.3) is 0 Å². The van der Waals surface area contributed by atoms with Crippen LogP contribution in [0.3, 0.4) is 0 Å². The first-order valence-electron chi connectivity index (χ1n) is 7.24. The highest BCUT2D eigenvalue weighted by molar-refractivity contribution is 7.09. The van der Waals surface area contributed by atoms with Crippen LogP contribution in [0.4, 0.5) is 0 Å². The van der Waals surface area contributed by atoms with Crippen LogP contribution in [0.5, 0.6) is 0 Å². The summed E-state index contributed by atoms with van der Waals surface area (Å²) in [6.45, 7) is 6.83. The van der Waals surface area contributed by atoms with Gasteiger partial charge in [0, 0.05) is 37.5 Å². The molecule has 0 radical (unpaired) electrons. The Kier molecular flexibility index (Phi) is 3.97. The largest absolute Gasteiger partial charge is 0.314 e. The Hall–Kier alpha value is -0.450. The van der Waals surface area contributed by atoms with Crippen molar-refractivity contribution in [1.29, 1.82) is 0 Å². The van der Waals surface area contributed by atoms with Crippen LogP contribution in [-0.4, -0.2) is 36.1 Å². The molecule has 1 aliphatic carbocycles. The SMILES string of the molecule is CC(c1csc(C2CCCC2)n1)N1CCNCC1. The molecule has 0 aromatic carbocycles. The van der Waals surface area contributed by atoms with Crippen molar-refractivity contribution in [3.63, 3.8) is 0 Å². The number of thiazole rings is 1. The third-order valence-corrected chi connectivity index (χ3v) is 5.40. The van der Waals surface area contributed by atoms with Crippen LogP contribution >= 0.6 is 11.3 Å². The van der Waals surface area contributed by atoms with Gasteiger partial charge in [-0.25, -0.2) is 4.98 Å². The Morgan fingerprint density at radius 2 is 2.06 bits per heavy atom. The van der Waals surface area contributed by atoms with Crippen molar-refractivity contribution in [2.24, 2.45) is 0 Å². The zero-order chi connectivity index (χ0) is 12.4. The Morgan fingerprint density at radius 3 is 2.78 bits per heavy atom. The van der Waals surface area contributed by atoms with Gasteiger partial charge in [-0.1, -0.05) is 12.8 Å². The molecule has 100 valence electrons. The van der Waals surface area contributed by atoms with Crippen molar-refractivity contribution in [2.75, 3.05) is 26.2 Å². The van der Waals surface area contributed by atoms with Gasteiger partial charge in [0.05, 0.1) is 16.7 Å². The van der Waals surface area contributed by atoms with E-state index in [1.54, 1.807) is 0 Å². The lowest BCUT2D eigenvalue weighted by atomic mass is 10.1. The minimum Gasteiger partial charge on any atom is -0.314 e. The summed E-state index contributed by atoms with van der Waals surface area (Å²) < 4.78 is 0. The Morgan fingerprint density at radius 1 is 1.33 bits per heavy atom. The Bertz CT molecular complexity index is 378. The Labute approximate surface area is 114 Å². The molecule has 1 saturated heterocycles. The molecular formula is C14H23N3S. The maximum Gasteiger partial charge on any atom is 0.0959 e. The maximum absolute atomic E-state index is 4.92. The second kappa shape index (κ2) is 5.68. The number of nitrogens with zero attached hydrogens (tertiary/aromatic N) is 2. The van der Waals surface area contributed by atoms with Crippen molar-refractivity contribution in [3.8, 4) is 0 Å². The summed E-state index contributed by atoms with van der Waals surface area (Å²) >= 11 is 1.89. The number of nitrogens with one attached hydrogen (secondary N) is 1. The maximum atomic E-state index is 4.92. The molecule has 2 aliphatic rings. The molecule has 3 nitrogen and oxygen atoms in total. The van der Waals surface area contributed by atoms with Crippen molar-refractivity contribution in [3.05, 3.63) is 16.1 Å². The predicted molar refractivity (Wildman–Crippen MR) is 76.2 cm³/mol. The summed E-state index contributed by atoms with van der Waals surface area (Å²) in [7, 11) is 0. The third kappa shape index (κ3) is 2.60. The van der Waals surface area contributed by atoms with Gasteiger partial charge >= 0.3 is 0 Å². The van der Waals surface area contributed by atoms with E-state index < -0.39 is 0 Å². The van der Waals surface area contributed by atoms with Crippen molar-refractivity contribution in [2.45, 2.75) is 44.6 Å². The van der Waals surface area contributed by atoms with E-state index in [1.165, 1.54) is 36.4 Å². The lowest BCUT2D eigenvalue weighted by Crippen LogP contribution is -2.44. The zero-order valence-electron chi connectivity index (χ0n) is 11.2. The minimum absolute atomic E-state index is 0.485. The van der Waals surface area contributed by atoms with Crippen molar-refractivity contribution < 1.29 is 0 Å². The summed E-state index contributed by atoms with van der Waals surface area (Å²) in [5.41, 5.74) is 1.30. The molecule has 1 N–H and O–H groups in total. The molecule has 0 bridgehead atoms. The quantitative estimate of drug-likeness (QED) is 0.911. The molecule has 3 rings (SSSR count). The first kappa shape index (κ1) is 12.6. The fraction of sp³-hybridized carbons (Fsp3) is 0.786. The topological polar surface area (TPSA) is 28.2 Å². The normalized spacial score (nSPS) is 24.5. The third-order valence-electron chi connectivity index (χ3n) is 4.37. The fourth-order valence-corrected chi connectivity index (χ4v) is 4.19. The Balaban J connectivity index is 1.67. The molecule has 18 heavy (non-hydrogen) atoms. The van der Waals surface area contributed by atoms with Crippen LogP contribution in [-0.2, 0) is 0 Å². The molecule has 1 aromatic heterocycles. The average Bonchev–Trinajstić information content (AvgIpc) is 3.09. The molecule has 0 amide bonds. The molecule has 1 aromatic rings. The standard InChI is InChI=1S/C14H23N3S/c1-11(17-8-6-15-7-9-17)13-10-18-14(16-13)12-4-2-3-5-12/h10-12,15H,2-9H2,1H3. The molecule has 4 heteroatoms. The van der Waals surface area contributed by atoms with E-state index >= 15 is 0 Å². The molecular weight excluding hydrogens is 242 g/mol. The zero-order valence-corrected chi connectivity index (χ0v) is 12.0. The summed E-state index contributed by atoms with van der Waals surface area (Å²) in [5, 5.41) is 7.10. The van der Waals surface area contributed by atoms with Gasteiger partial charge in [-0.05, 0) is 19.8 Å². The van der Waals surface area contributed by atoms with Crippen LogP contribution in [0.2, 0.25) is 0 Å². The number of aromatic nitrogens is 1. The number of piperazine rings is 1. The van der Waals surface area contributed by atoms with E-state index in [9.17, 15) is 0 Å². The molecule has 1 atom stereocenters. The van der Waals surface area contributed by atoms with Crippen LogP contribution in [0, 0.1) is 0 Å². The van der Waals surface area contributed by atoms with Crippen molar-refractivity contribution >= 4 is 11.3 Å². The van der Waals surface area contributed by atoms with Gasteiger partial charge in [0.15, 0.2) is 0 Å². The van der Waals surface area contributed by atoms with Crippen molar-refractivity contribution in [1.82, 2.24) is 15.2 Å². The molecule has 0 spiro atoms. The van der Waals surface area contributed by atoms with E-state index in [0.29, 0.717) is 6.04 Å². The molecule has 1 aliphatic heterocycles. The molecule has 2 heterocycles. The van der Waals surface area contributed by atoms with Gasteiger partial charge in [-0.15, -0.1) is 11.3 Å². The highest BCUT2D eigenvalue weighted by Crippen LogP contribution is 2.36. The van der Waals surface area contributed by atoms with Crippen LogP contribution in [0.15, 0.2) is 5.38 Å². The van der Waals surface area contributed by atoms with E-state index in [0.717, 1.165) is 32.1 Å². The lowest BCUT2D eigenvalue weighted by Gasteiger charge is -2.31. The second-order valence-corrected chi connectivity index (χ2v) is 6.44. The highest BCUT2D eigenvalue weighted by atomic mass is 32.1. The monoisotopic (exact) mass is 265 g/mol. The fourth-order valence-electron chi connectivity index (χ4n) is 3.11. The smallest absolute Gasteiger partial charge is 0.0959 e. The first-order chi connectivity index (χ1) is 8.84. The predicted octanol–water partition coefficient (Wildman–Crippen LogP) is 2.77. The molecule has 1 unspecified atom stereocenters. The van der Waals surface area contributed by atoms with Gasteiger partial charge in [0.1, 0.15) is 0 Å². The van der Waals surface area contributed by atoms with Crippen LogP contribution < -0.4 is 5.32 Å². The van der Waals surface area contributed by atoms with E-state index in [1.807, 2.05) is 11.3 Å². The van der Waals surface area contributed by atoms with Gasteiger partial charge < -0.3 is 5.32 Å². The van der Waals surface area contributed by atoms with Gasteiger partial charge in [-0.3, -0.25) is 4.90 Å². The van der Waals surface area contributed by atoms with E-state index in [-0.39, 0.29) is 0 Å². The first-order valence-corrected chi connectivity index (χ1v) is 8.12. The number of rotatable bonds is 3. The van der Waals surface area contributed by atoms with E-state index in [2.05, 4.69) is 22.5 Å². The summed E-state index contributed by atoms with van der Waals surface area (Å²) in [4.78, 5) is 7.47. The average molecular weight is 265 g/mol. The lowest BCUT2D eigenvalue weighted by molar-refractivity contribution is 0.183. The summed E-state index contributed by atoms with van der Waals surface area (Å²) in [6.07, 6.45) is 5.50. The summed E-state index contributed by atoms with van der Waals surface area (Å²) in [6, 6.07) is 0.485. The van der Waals surface area contributed by atoms with Gasteiger partial charge in [-0.2, -0.15) is 0 Å². The number of hydrogen-bond acceptors (Lipinski definition) is 4. The summed E-state index contributed by atoms with van der Waals surface area (Å²) in [5.74, 6) is 0.763. The van der Waals surface area contributed by atoms with Gasteiger partial charge in [0.25, 0.3) is 0 Å². The molecule has 2 fully saturated rings. The van der Waals surface area contributed by atoms with E-state index in [4.69, 9.17) is 4.98 Å². The minimum atomic E-state index is 0.485. The molecule has 1 saturated carbocycles. The number of hydrogen-bond donors (Lipinski definition) is 1. The van der Waals surface area contributed by atoms with Crippen LogP contribution in [0.1, 0.15) is 55.3 Å².